The first-order valence-electron chi connectivity index (χ1n) is 9.10. The Morgan fingerprint density at radius 2 is 2.08 bits per heavy atom. The van der Waals surface area contributed by atoms with E-state index in [4.69, 9.17) is 9.15 Å². The second-order valence-electron chi connectivity index (χ2n) is 8.33. The van der Waals surface area contributed by atoms with Crippen molar-refractivity contribution in [1.82, 2.24) is 10.6 Å². The maximum absolute atomic E-state index is 11.8. The molecule has 2 N–H and O–H groups in total. The third-order valence-corrected chi connectivity index (χ3v) is 4.75. The first-order valence-corrected chi connectivity index (χ1v) is 9.10. The molecule has 0 saturated heterocycles. The zero-order chi connectivity index (χ0) is 17.3. The summed E-state index contributed by atoms with van der Waals surface area (Å²) in [5.74, 6) is 4.11. The second kappa shape index (κ2) is 6.79. The molecule has 0 aliphatic heterocycles. The van der Waals surface area contributed by atoms with E-state index in [0.717, 1.165) is 17.4 Å². The van der Waals surface area contributed by atoms with Gasteiger partial charge >= 0.3 is 6.09 Å². The molecule has 24 heavy (non-hydrogen) atoms. The lowest BCUT2D eigenvalue weighted by molar-refractivity contribution is 0.0521. The Morgan fingerprint density at radius 1 is 1.38 bits per heavy atom. The van der Waals surface area contributed by atoms with Crippen LogP contribution in [0, 0.1) is 11.8 Å². The first-order chi connectivity index (χ1) is 11.3. The zero-order valence-corrected chi connectivity index (χ0v) is 15.2. The minimum Gasteiger partial charge on any atom is -0.464 e. The fourth-order valence-electron chi connectivity index (χ4n) is 3.05. The van der Waals surface area contributed by atoms with Crippen LogP contribution in [-0.2, 0) is 11.3 Å². The number of hydrogen-bond acceptors (Lipinski definition) is 4. The smallest absolute Gasteiger partial charge is 0.407 e. The summed E-state index contributed by atoms with van der Waals surface area (Å²) in [5.41, 5.74) is -0.461. The summed E-state index contributed by atoms with van der Waals surface area (Å²) in [7, 11) is 0. The minimum atomic E-state index is -0.461. The van der Waals surface area contributed by atoms with E-state index in [1.54, 1.807) is 0 Å². The number of carbonyl (C=O) groups is 1. The van der Waals surface area contributed by atoms with Gasteiger partial charge in [0.1, 0.15) is 17.1 Å². The molecule has 1 amide bonds. The molecule has 0 aromatic carbocycles. The van der Waals surface area contributed by atoms with Gasteiger partial charge in [-0.3, -0.25) is 0 Å². The zero-order valence-electron chi connectivity index (χ0n) is 15.2. The number of ether oxygens (including phenoxy) is 1. The predicted molar refractivity (Wildman–Crippen MR) is 92.8 cm³/mol. The molecule has 3 rings (SSSR count). The van der Waals surface area contributed by atoms with Crippen molar-refractivity contribution in [3.05, 3.63) is 23.7 Å². The van der Waals surface area contributed by atoms with Crippen LogP contribution in [0.1, 0.15) is 64.4 Å². The van der Waals surface area contributed by atoms with Gasteiger partial charge < -0.3 is 19.8 Å². The van der Waals surface area contributed by atoms with E-state index < -0.39 is 5.60 Å². The van der Waals surface area contributed by atoms with E-state index in [-0.39, 0.29) is 12.1 Å². The molecule has 0 bridgehead atoms. The average molecular weight is 334 g/mol. The lowest BCUT2D eigenvalue weighted by Crippen LogP contribution is -2.43. The quantitative estimate of drug-likeness (QED) is 0.796. The SMILES string of the molecule is CC1CC1c1ccc(CNC(CNC(=O)OC(C)(C)C)C2CC2)o1. The number of furan rings is 1. The average Bonchev–Trinajstić information content (AvgIpc) is 3.38. The molecule has 0 radical (unpaired) electrons. The monoisotopic (exact) mass is 334 g/mol. The van der Waals surface area contributed by atoms with Gasteiger partial charge in [0.25, 0.3) is 0 Å². The highest BCUT2D eigenvalue weighted by molar-refractivity contribution is 5.67. The largest absolute Gasteiger partial charge is 0.464 e. The maximum Gasteiger partial charge on any atom is 0.407 e. The molecule has 5 nitrogen and oxygen atoms in total. The normalized spacial score (nSPS) is 24.5. The van der Waals surface area contributed by atoms with Gasteiger partial charge in [0.05, 0.1) is 6.54 Å². The van der Waals surface area contributed by atoms with Gasteiger partial charge in [-0.2, -0.15) is 0 Å². The Labute approximate surface area is 144 Å². The fourth-order valence-corrected chi connectivity index (χ4v) is 3.05. The molecule has 2 saturated carbocycles. The van der Waals surface area contributed by atoms with Crippen molar-refractivity contribution in [2.75, 3.05) is 6.54 Å². The predicted octanol–water partition coefficient (Wildman–Crippen LogP) is 3.80. The van der Waals surface area contributed by atoms with Crippen LogP contribution in [0.3, 0.4) is 0 Å². The van der Waals surface area contributed by atoms with E-state index >= 15 is 0 Å². The van der Waals surface area contributed by atoms with Crippen LogP contribution < -0.4 is 10.6 Å². The topological polar surface area (TPSA) is 63.5 Å². The fraction of sp³-hybridized carbons (Fsp3) is 0.737. The highest BCUT2D eigenvalue weighted by atomic mass is 16.6. The number of nitrogens with one attached hydrogen (secondary N) is 2. The van der Waals surface area contributed by atoms with Crippen LogP contribution in [0.15, 0.2) is 16.5 Å². The molecular formula is C19H30N2O3. The number of amides is 1. The Kier molecular flexibility index (Phi) is 4.90. The molecule has 2 aliphatic rings. The molecule has 2 fully saturated rings. The van der Waals surface area contributed by atoms with Crippen LogP contribution in [0.5, 0.6) is 0 Å². The third-order valence-electron chi connectivity index (χ3n) is 4.75. The Morgan fingerprint density at radius 3 is 2.67 bits per heavy atom. The van der Waals surface area contributed by atoms with Gasteiger partial charge in [0, 0.05) is 18.5 Å². The summed E-state index contributed by atoms with van der Waals surface area (Å²) >= 11 is 0. The van der Waals surface area contributed by atoms with Gasteiger partial charge in [-0.15, -0.1) is 0 Å². The van der Waals surface area contributed by atoms with Crippen molar-refractivity contribution in [1.29, 1.82) is 0 Å². The van der Waals surface area contributed by atoms with Crippen LogP contribution in [0.4, 0.5) is 4.79 Å². The van der Waals surface area contributed by atoms with Gasteiger partial charge in [-0.25, -0.2) is 4.79 Å². The Balaban J connectivity index is 1.44. The van der Waals surface area contributed by atoms with E-state index in [9.17, 15) is 4.79 Å². The molecule has 0 spiro atoms. The maximum atomic E-state index is 11.8. The molecule has 5 heteroatoms. The van der Waals surface area contributed by atoms with E-state index in [0.29, 0.717) is 24.9 Å². The van der Waals surface area contributed by atoms with Gasteiger partial charge in [0.15, 0.2) is 0 Å². The van der Waals surface area contributed by atoms with E-state index in [2.05, 4.69) is 29.7 Å². The lowest BCUT2D eigenvalue weighted by Gasteiger charge is -2.22. The summed E-state index contributed by atoms with van der Waals surface area (Å²) in [5, 5.41) is 6.42. The summed E-state index contributed by atoms with van der Waals surface area (Å²) in [4.78, 5) is 11.8. The van der Waals surface area contributed by atoms with Crippen LogP contribution >= 0.6 is 0 Å². The van der Waals surface area contributed by atoms with Crippen molar-refractivity contribution >= 4 is 6.09 Å². The Hall–Kier alpha value is -1.49. The van der Waals surface area contributed by atoms with E-state index in [1.165, 1.54) is 19.3 Å². The molecule has 3 atom stereocenters. The number of alkyl carbamates (subject to hydrolysis) is 1. The van der Waals surface area contributed by atoms with Crippen LogP contribution in [0.2, 0.25) is 0 Å². The van der Waals surface area contributed by atoms with Crippen molar-refractivity contribution in [3.8, 4) is 0 Å². The minimum absolute atomic E-state index is 0.269. The summed E-state index contributed by atoms with van der Waals surface area (Å²) in [6.07, 6.45) is 3.33. The van der Waals surface area contributed by atoms with Crippen molar-refractivity contribution < 1.29 is 13.9 Å². The first kappa shape index (κ1) is 17.3. The standard InChI is InChI=1S/C19H30N2O3/c1-12-9-15(12)17-8-7-14(23-17)10-20-16(13-5-6-13)11-21-18(22)24-19(2,3)4/h7-8,12-13,15-16,20H,5-6,9-11H2,1-4H3,(H,21,22). The Bertz CT molecular complexity index is 571. The molecule has 1 aromatic heterocycles. The highest BCUT2D eigenvalue weighted by Crippen LogP contribution is 2.47. The van der Waals surface area contributed by atoms with Crippen molar-refractivity contribution in [2.45, 2.75) is 71.1 Å². The van der Waals surface area contributed by atoms with Gasteiger partial charge in [0.2, 0.25) is 0 Å². The van der Waals surface area contributed by atoms with Gasteiger partial charge in [-0.05, 0) is 64.0 Å². The number of carbonyl (C=O) groups excluding carboxylic acids is 1. The highest BCUT2D eigenvalue weighted by Gasteiger charge is 2.36. The third kappa shape index (κ3) is 5.00. The van der Waals surface area contributed by atoms with Crippen molar-refractivity contribution in [2.24, 2.45) is 11.8 Å². The number of hydrogen-bond donors (Lipinski definition) is 2. The molecule has 1 aromatic rings. The van der Waals surface area contributed by atoms with Gasteiger partial charge in [-0.1, -0.05) is 6.92 Å². The molecule has 134 valence electrons. The lowest BCUT2D eigenvalue weighted by atomic mass is 10.2. The number of rotatable bonds is 7. The second-order valence-corrected chi connectivity index (χ2v) is 8.33. The van der Waals surface area contributed by atoms with Crippen LogP contribution in [-0.4, -0.2) is 24.3 Å². The molecule has 3 unspecified atom stereocenters. The molecule has 2 aliphatic carbocycles. The molecule has 1 heterocycles. The van der Waals surface area contributed by atoms with Crippen LogP contribution in [0.25, 0.3) is 0 Å². The van der Waals surface area contributed by atoms with E-state index in [1.807, 2.05) is 20.8 Å². The summed E-state index contributed by atoms with van der Waals surface area (Å²) < 4.78 is 11.2. The summed E-state index contributed by atoms with van der Waals surface area (Å²) in [6.45, 7) is 9.18. The molecular weight excluding hydrogens is 304 g/mol. The van der Waals surface area contributed by atoms with Crippen molar-refractivity contribution in [3.63, 3.8) is 0 Å². The summed E-state index contributed by atoms with van der Waals surface area (Å²) in [6, 6.07) is 4.44.